The molecule has 3 rings (SSSR count). The fourth-order valence-corrected chi connectivity index (χ4v) is 2.98. The van der Waals surface area contributed by atoms with Gasteiger partial charge >= 0.3 is 0 Å². The Morgan fingerprint density at radius 1 is 1.24 bits per heavy atom. The minimum Gasteiger partial charge on any atom is -0.497 e. The summed E-state index contributed by atoms with van der Waals surface area (Å²) in [6, 6.07) is 16.5. The number of rotatable bonds is 5. The maximum absolute atomic E-state index is 6.34. The highest BCUT2D eigenvalue weighted by Crippen LogP contribution is 2.36. The third kappa shape index (κ3) is 3.19. The summed E-state index contributed by atoms with van der Waals surface area (Å²) in [4.78, 5) is 0. The van der Waals surface area contributed by atoms with Crippen molar-refractivity contribution >= 4 is 0 Å². The molecule has 0 radical (unpaired) electrons. The number of nitrogens with two attached hydrogens (primary N) is 1. The van der Waals surface area contributed by atoms with Crippen molar-refractivity contribution in [2.45, 2.75) is 24.8 Å². The van der Waals surface area contributed by atoms with Crippen LogP contribution in [0.3, 0.4) is 0 Å². The van der Waals surface area contributed by atoms with E-state index in [9.17, 15) is 0 Å². The van der Waals surface area contributed by atoms with Gasteiger partial charge in [0.25, 0.3) is 0 Å². The van der Waals surface area contributed by atoms with E-state index < -0.39 is 0 Å². The first-order chi connectivity index (χ1) is 10.3. The quantitative estimate of drug-likeness (QED) is 0.917. The normalized spacial score (nSPS) is 17.9. The summed E-state index contributed by atoms with van der Waals surface area (Å²) >= 11 is 0. The molecule has 0 aromatic heterocycles. The van der Waals surface area contributed by atoms with Gasteiger partial charge in [-0.15, -0.1) is 0 Å². The molecule has 2 aromatic carbocycles. The molecule has 0 aliphatic carbocycles. The first-order valence-electron chi connectivity index (χ1n) is 7.36. The lowest BCUT2D eigenvalue weighted by Crippen LogP contribution is -2.26. The van der Waals surface area contributed by atoms with E-state index in [1.165, 1.54) is 11.1 Å². The SMILES string of the molecule is COc1cccc(CC(N)CC2COc3ccccc32)c1. The maximum atomic E-state index is 6.34. The Bertz CT molecular complexity index is 612. The van der Waals surface area contributed by atoms with Gasteiger partial charge in [0.1, 0.15) is 11.5 Å². The summed E-state index contributed by atoms with van der Waals surface area (Å²) in [5.41, 5.74) is 8.84. The lowest BCUT2D eigenvalue weighted by atomic mass is 9.91. The highest BCUT2D eigenvalue weighted by molar-refractivity contribution is 5.39. The molecule has 3 nitrogen and oxygen atoms in total. The average molecular weight is 283 g/mol. The van der Waals surface area contributed by atoms with Crippen LogP contribution >= 0.6 is 0 Å². The van der Waals surface area contributed by atoms with Gasteiger partial charge in [-0.05, 0) is 36.6 Å². The lowest BCUT2D eigenvalue weighted by molar-refractivity contribution is 0.318. The Balaban J connectivity index is 1.63. The Kier molecular flexibility index (Phi) is 4.11. The molecule has 2 unspecified atom stereocenters. The highest BCUT2D eigenvalue weighted by Gasteiger charge is 2.25. The van der Waals surface area contributed by atoms with Crippen molar-refractivity contribution < 1.29 is 9.47 Å². The van der Waals surface area contributed by atoms with E-state index in [0.29, 0.717) is 5.92 Å². The average Bonchev–Trinajstić information content (AvgIpc) is 2.91. The van der Waals surface area contributed by atoms with Crippen LogP contribution in [0, 0.1) is 0 Å². The second-order valence-electron chi connectivity index (χ2n) is 5.60. The standard InChI is InChI=1S/C18H21NO2/c1-20-16-6-4-5-13(10-16)9-15(19)11-14-12-21-18-8-3-2-7-17(14)18/h2-8,10,14-15H,9,11-12,19H2,1H3. The van der Waals surface area contributed by atoms with Gasteiger partial charge < -0.3 is 15.2 Å². The van der Waals surface area contributed by atoms with E-state index in [-0.39, 0.29) is 6.04 Å². The van der Waals surface area contributed by atoms with Crippen LogP contribution in [-0.4, -0.2) is 19.8 Å². The molecule has 3 heteroatoms. The van der Waals surface area contributed by atoms with Crippen molar-refractivity contribution in [2.24, 2.45) is 5.73 Å². The molecular formula is C18H21NO2. The number of hydrogen-bond donors (Lipinski definition) is 1. The number of methoxy groups -OCH3 is 1. The molecule has 0 saturated carbocycles. The van der Waals surface area contributed by atoms with Crippen LogP contribution in [0.15, 0.2) is 48.5 Å². The molecule has 0 amide bonds. The summed E-state index contributed by atoms with van der Waals surface area (Å²) in [5.74, 6) is 2.30. The molecule has 0 saturated heterocycles. The maximum Gasteiger partial charge on any atom is 0.122 e. The van der Waals surface area contributed by atoms with Gasteiger partial charge in [-0.25, -0.2) is 0 Å². The van der Waals surface area contributed by atoms with Crippen molar-refractivity contribution in [3.63, 3.8) is 0 Å². The largest absolute Gasteiger partial charge is 0.497 e. The van der Waals surface area contributed by atoms with Gasteiger partial charge in [0.15, 0.2) is 0 Å². The Labute approximate surface area is 125 Å². The van der Waals surface area contributed by atoms with Crippen molar-refractivity contribution in [1.29, 1.82) is 0 Å². The molecule has 1 aliphatic rings. The fourth-order valence-electron chi connectivity index (χ4n) is 2.98. The topological polar surface area (TPSA) is 44.5 Å². The summed E-state index contributed by atoms with van der Waals surface area (Å²) in [6.07, 6.45) is 1.80. The van der Waals surface area contributed by atoms with Gasteiger partial charge in [-0.2, -0.15) is 0 Å². The number of fused-ring (bicyclic) bond motifs is 1. The van der Waals surface area contributed by atoms with Crippen LogP contribution in [0.5, 0.6) is 11.5 Å². The van der Waals surface area contributed by atoms with Crippen LogP contribution in [0.2, 0.25) is 0 Å². The Morgan fingerprint density at radius 3 is 2.95 bits per heavy atom. The number of benzene rings is 2. The zero-order chi connectivity index (χ0) is 14.7. The second kappa shape index (κ2) is 6.19. The monoisotopic (exact) mass is 283 g/mol. The van der Waals surface area contributed by atoms with Gasteiger partial charge in [0.2, 0.25) is 0 Å². The summed E-state index contributed by atoms with van der Waals surface area (Å²) in [6.45, 7) is 0.741. The van der Waals surface area contributed by atoms with Gasteiger partial charge in [0, 0.05) is 17.5 Å². The van der Waals surface area contributed by atoms with Crippen LogP contribution < -0.4 is 15.2 Å². The third-order valence-corrected chi connectivity index (χ3v) is 4.02. The molecule has 21 heavy (non-hydrogen) atoms. The molecule has 0 fully saturated rings. The lowest BCUT2D eigenvalue weighted by Gasteiger charge is -2.16. The smallest absolute Gasteiger partial charge is 0.122 e. The minimum absolute atomic E-state index is 0.122. The molecule has 2 atom stereocenters. The summed E-state index contributed by atoms with van der Waals surface area (Å²) in [5, 5.41) is 0. The van der Waals surface area contributed by atoms with Crippen molar-refractivity contribution in [3.05, 3.63) is 59.7 Å². The van der Waals surface area contributed by atoms with Crippen molar-refractivity contribution in [1.82, 2.24) is 0 Å². The van der Waals surface area contributed by atoms with Crippen molar-refractivity contribution in [2.75, 3.05) is 13.7 Å². The van der Waals surface area contributed by atoms with E-state index in [2.05, 4.69) is 24.3 Å². The van der Waals surface area contributed by atoms with Crippen LogP contribution in [0.25, 0.3) is 0 Å². The van der Waals surface area contributed by atoms with Crippen LogP contribution in [0.1, 0.15) is 23.5 Å². The van der Waals surface area contributed by atoms with E-state index in [4.69, 9.17) is 15.2 Å². The molecule has 1 heterocycles. The van der Waals surface area contributed by atoms with E-state index in [1.807, 2.05) is 24.3 Å². The second-order valence-corrected chi connectivity index (χ2v) is 5.60. The predicted octanol–water partition coefficient (Wildman–Crippen LogP) is 3.13. The highest BCUT2D eigenvalue weighted by atomic mass is 16.5. The number of para-hydroxylation sites is 1. The predicted molar refractivity (Wildman–Crippen MR) is 84.0 cm³/mol. The van der Waals surface area contributed by atoms with Gasteiger partial charge in [0.05, 0.1) is 13.7 Å². The summed E-state index contributed by atoms with van der Waals surface area (Å²) in [7, 11) is 1.69. The number of ether oxygens (including phenoxy) is 2. The third-order valence-electron chi connectivity index (χ3n) is 4.02. The Morgan fingerprint density at radius 2 is 2.10 bits per heavy atom. The molecule has 0 bridgehead atoms. The first kappa shape index (κ1) is 14.0. The number of hydrogen-bond acceptors (Lipinski definition) is 3. The van der Waals surface area contributed by atoms with Gasteiger partial charge in [-0.1, -0.05) is 30.3 Å². The zero-order valence-electron chi connectivity index (χ0n) is 12.3. The molecule has 110 valence electrons. The molecule has 0 spiro atoms. The molecule has 2 aromatic rings. The van der Waals surface area contributed by atoms with Crippen LogP contribution in [0.4, 0.5) is 0 Å². The van der Waals surface area contributed by atoms with E-state index in [0.717, 1.165) is 30.9 Å². The molecular weight excluding hydrogens is 262 g/mol. The minimum atomic E-state index is 0.122. The van der Waals surface area contributed by atoms with E-state index in [1.54, 1.807) is 7.11 Å². The first-order valence-corrected chi connectivity index (χ1v) is 7.36. The van der Waals surface area contributed by atoms with Gasteiger partial charge in [-0.3, -0.25) is 0 Å². The van der Waals surface area contributed by atoms with E-state index >= 15 is 0 Å². The van der Waals surface area contributed by atoms with Crippen LogP contribution in [-0.2, 0) is 6.42 Å². The zero-order valence-corrected chi connectivity index (χ0v) is 12.3. The van der Waals surface area contributed by atoms with Crippen molar-refractivity contribution in [3.8, 4) is 11.5 Å². The molecule has 1 aliphatic heterocycles. The summed E-state index contributed by atoms with van der Waals surface area (Å²) < 4.78 is 11.0. The Hall–Kier alpha value is -2.00. The fraction of sp³-hybridized carbons (Fsp3) is 0.333. The molecule has 2 N–H and O–H groups in total.